The Kier molecular flexibility index (Phi) is 0.770. The molecule has 0 aliphatic heterocycles. The van der Waals surface area contributed by atoms with Crippen LogP contribution in [0, 0.1) is 0 Å². The first-order valence-corrected chi connectivity index (χ1v) is 3.34. The van der Waals surface area contributed by atoms with E-state index in [9.17, 15) is 0 Å². The number of H-pyrrole nitrogens is 1. The second kappa shape index (κ2) is 1.38. The van der Waals surface area contributed by atoms with Gasteiger partial charge >= 0.3 is 0 Å². The number of aromatic nitrogens is 2. The molecule has 0 radical (unpaired) electrons. The van der Waals surface area contributed by atoms with Crippen molar-refractivity contribution in [1.29, 1.82) is 0 Å². The zero-order chi connectivity index (χ0) is 6.43. The van der Waals surface area contributed by atoms with Gasteiger partial charge in [0.1, 0.15) is 0 Å². The van der Waals surface area contributed by atoms with Gasteiger partial charge in [-0.1, -0.05) is 13.8 Å². The summed E-state index contributed by atoms with van der Waals surface area (Å²) in [6.07, 6.45) is 1.93. The number of nitrogens with one attached hydrogen (secondary N) is 1. The molecule has 1 aromatic rings. The Bertz CT molecular complexity index is 204. The molecule has 1 heterocycles. The lowest BCUT2D eigenvalue weighted by Crippen LogP contribution is -2.17. The highest BCUT2D eigenvalue weighted by Crippen LogP contribution is 2.43. The van der Waals surface area contributed by atoms with Crippen molar-refractivity contribution in [3.05, 3.63) is 17.5 Å². The van der Waals surface area contributed by atoms with E-state index in [1.807, 2.05) is 6.20 Å². The summed E-state index contributed by atoms with van der Waals surface area (Å²) in [5.74, 6) is 1.42. The normalized spacial score (nSPS) is 31.3. The van der Waals surface area contributed by atoms with E-state index in [1.54, 1.807) is 0 Å². The van der Waals surface area contributed by atoms with Gasteiger partial charge in [-0.05, 0) is 11.5 Å². The van der Waals surface area contributed by atoms with Gasteiger partial charge in [0, 0.05) is 11.6 Å². The molecule has 2 nitrogen and oxygen atoms in total. The minimum Gasteiger partial charge on any atom is -0.282 e. The quantitative estimate of drug-likeness (QED) is 0.556. The molecule has 1 aliphatic carbocycles. The lowest BCUT2D eigenvalue weighted by Gasteiger charge is -2.29. The number of rotatable bonds is 0. The number of fused-ring (bicyclic) bond motifs is 1. The van der Waals surface area contributed by atoms with Crippen LogP contribution in [-0.2, 0) is 0 Å². The van der Waals surface area contributed by atoms with E-state index in [4.69, 9.17) is 0 Å². The number of aromatic amines is 1. The summed E-state index contributed by atoms with van der Waals surface area (Å²) in [7, 11) is 0. The fourth-order valence-corrected chi connectivity index (χ4v) is 1.46. The molecule has 0 amide bonds. The Morgan fingerprint density at radius 1 is 1.44 bits per heavy atom. The molecular formula is C7H10N2. The standard InChI is InChI=1S/C7H10N2/c1-4-5(2)7-6(4)3-8-9-7/h3-5H,1-2H3,(H,8,9). The van der Waals surface area contributed by atoms with Crippen molar-refractivity contribution in [3.8, 4) is 0 Å². The van der Waals surface area contributed by atoms with E-state index in [0.29, 0.717) is 5.92 Å². The van der Waals surface area contributed by atoms with Gasteiger partial charge in [0.25, 0.3) is 0 Å². The third kappa shape index (κ3) is 0.435. The molecule has 2 atom stereocenters. The van der Waals surface area contributed by atoms with Gasteiger partial charge in [-0.15, -0.1) is 0 Å². The van der Waals surface area contributed by atoms with Crippen molar-refractivity contribution in [1.82, 2.24) is 10.2 Å². The summed E-state index contributed by atoms with van der Waals surface area (Å²) in [6, 6.07) is 0. The second-order valence-corrected chi connectivity index (χ2v) is 2.82. The lowest BCUT2D eigenvalue weighted by atomic mass is 9.75. The first-order chi connectivity index (χ1) is 4.30. The highest BCUT2D eigenvalue weighted by atomic mass is 15.1. The minimum atomic E-state index is 0.697. The van der Waals surface area contributed by atoms with Crippen LogP contribution in [0.3, 0.4) is 0 Å². The molecule has 48 valence electrons. The molecule has 1 aliphatic rings. The molecule has 2 rings (SSSR count). The Labute approximate surface area is 54.3 Å². The van der Waals surface area contributed by atoms with Crippen LogP contribution in [0.1, 0.15) is 36.9 Å². The van der Waals surface area contributed by atoms with Gasteiger partial charge in [-0.3, -0.25) is 5.10 Å². The van der Waals surface area contributed by atoms with Crippen LogP contribution in [0.5, 0.6) is 0 Å². The SMILES string of the molecule is CC1c2cn[nH]c2C1C. The largest absolute Gasteiger partial charge is 0.282 e. The molecule has 1 N–H and O–H groups in total. The zero-order valence-corrected chi connectivity index (χ0v) is 5.68. The summed E-state index contributed by atoms with van der Waals surface area (Å²) in [4.78, 5) is 0. The maximum Gasteiger partial charge on any atom is 0.0525 e. The average molecular weight is 122 g/mol. The van der Waals surface area contributed by atoms with Gasteiger partial charge in [-0.25, -0.2) is 0 Å². The maximum atomic E-state index is 3.96. The van der Waals surface area contributed by atoms with Crippen molar-refractivity contribution in [2.24, 2.45) is 0 Å². The zero-order valence-electron chi connectivity index (χ0n) is 5.68. The first kappa shape index (κ1) is 5.03. The third-order valence-electron chi connectivity index (χ3n) is 2.40. The summed E-state index contributed by atoms with van der Waals surface area (Å²) in [5, 5.41) is 6.94. The third-order valence-corrected chi connectivity index (χ3v) is 2.40. The Balaban J connectivity index is 2.50. The molecule has 0 aromatic carbocycles. The van der Waals surface area contributed by atoms with Crippen LogP contribution in [-0.4, -0.2) is 10.2 Å². The highest BCUT2D eigenvalue weighted by molar-refractivity contribution is 5.36. The highest BCUT2D eigenvalue weighted by Gasteiger charge is 2.32. The van der Waals surface area contributed by atoms with E-state index in [-0.39, 0.29) is 0 Å². The van der Waals surface area contributed by atoms with Gasteiger partial charge in [0.2, 0.25) is 0 Å². The Hall–Kier alpha value is -0.790. The number of hydrogen-bond acceptors (Lipinski definition) is 1. The first-order valence-electron chi connectivity index (χ1n) is 3.34. The second-order valence-electron chi connectivity index (χ2n) is 2.82. The van der Waals surface area contributed by atoms with E-state index in [0.717, 1.165) is 5.92 Å². The van der Waals surface area contributed by atoms with E-state index < -0.39 is 0 Å². The van der Waals surface area contributed by atoms with Crippen LogP contribution in [0.15, 0.2) is 6.20 Å². The van der Waals surface area contributed by atoms with Crippen LogP contribution < -0.4 is 0 Å². The summed E-state index contributed by atoms with van der Waals surface area (Å²) in [6.45, 7) is 4.47. The molecule has 1 aromatic heterocycles. The maximum absolute atomic E-state index is 3.96. The smallest absolute Gasteiger partial charge is 0.0525 e. The lowest BCUT2D eigenvalue weighted by molar-refractivity contribution is 0.530. The molecule has 2 unspecified atom stereocenters. The molecule has 0 spiro atoms. The van der Waals surface area contributed by atoms with Crippen LogP contribution in [0.4, 0.5) is 0 Å². The monoisotopic (exact) mass is 122 g/mol. The molecule has 0 saturated heterocycles. The number of hydrogen-bond donors (Lipinski definition) is 1. The molecule has 2 heteroatoms. The van der Waals surface area contributed by atoms with Crippen LogP contribution in [0.25, 0.3) is 0 Å². The fraction of sp³-hybridized carbons (Fsp3) is 0.571. The van der Waals surface area contributed by atoms with E-state index in [1.165, 1.54) is 11.3 Å². The molecule has 0 saturated carbocycles. The van der Waals surface area contributed by atoms with Crippen molar-refractivity contribution >= 4 is 0 Å². The van der Waals surface area contributed by atoms with Gasteiger partial charge in [-0.2, -0.15) is 5.10 Å². The minimum absolute atomic E-state index is 0.697. The van der Waals surface area contributed by atoms with Gasteiger partial charge in [0.15, 0.2) is 0 Å². The number of nitrogens with zero attached hydrogens (tertiary/aromatic N) is 1. The van der Waals surface area contributed by atoms with Crippen LogP contribution in [0.2, 0.25) is 0 Å². The predicted octanol–water partition coefficient (Wildman–Crippen LogP) is 1.63. The summed E-state index contributed by atoms with van der Waals surface area (Å²) >= 11 is 0. The van der Waals surface area contributed by atoms with Gasteiger partial charge in [0.05, 0.1) is 6.20 Å². The Morgan fingerprint density at radius 2 is 2.22 bits per heavy atom. The molecule has 0 bridgehead atoms. The molecular weight excluding hydrogens is 112 g/mol. The van der Waals surface area contributed by atoms with Crippen molar-refractivity contribution in [2.75, 3.05) is 0 Å². The predicted molar refractivity (Wildman–Crippen MR) is 35.4 cm³/mol. The summed E-state index contributed by atoms with van der Waals surface area (Å²) in [5.41, 5.74) is 2.74. The fourth-order valence-electron chi connectivity index (χ4n) is 1.46. The molecule has 9 heavy (non-hydrogen) atoms. The van der Waals surface area contributed by atoms with Crippen molar-refractivity contribution in [2.45, 2.75) is 25.7 Å². The molecule has 0 fully saturated rings. The van der Waals surface area contributed by atoms with Crippen molar-refractivity contribution < 1.29 is 0 Å². The van der Waals surface area contributed by atoms with E-state index in [2.05, 4.69) is 24.0 Å². The topological polar surface area (TPSA) is 28.7 Å². The van der Waals surface area contributed by atoms with Crippen molar-refractivity contribution in [3.63, 3.8) is 0 Å². The Morgan fingerprint density at radius 3 is 2.89 bits per heavy atom. The average Bonchev–Trinajstić information content (AvgIpc) is 2.30. The van der Waals surface area contributed by atoms with E-state index >= 15 is 0 Å². The van der Waals surface area contributed by atoms with Gasteiger partial charge < -0.3 is 0 Å². The summed E-state index contributed by atoms with van der Waals surface area (Å²) < 4.78 is 0. The van der Waals surface area contributed by atoms with Crippen LogP contribution >= 0.6 is 0 Å².